The van der Waals surface area contributed by atoms with Crippen molar-refractivity contribution in [2.45, 2.75) is 53.1 Å². The van der Waals surface area contributed by atoms with Crippen molar-refractivity contribution in [2.24, 2.45) is 0 Å². The van der Waals surface area contributed by atoms with Crippen LogP contribution in [0.4, 0.5) is 16.3 Å². The van der Waals surface area contributed by atoms with Crippen molar-refractivity contribution < 1.29 is 23.8 Å². The Hall–Kier alpha value is -4.60. The van der Waals surface area contributed by atoms with Crippen molar-refractivity contribution in [2.75, 3.05) is 17.2 Å². The number of unbranched alkanes of at least 4 members (excludes halogenated alkanes) is 1. The van der Waals surface area contributed by atoms with Gasteiger partial charge < -0.3 is 19.5 Å². The highest BCUT2D eigenvalue weighted by Crippen LogP contribution is 2.27. The summed E-state index contributed by atoms with van der Waals surface area (Å²) in [5.74, 6) is 1.51. The predicted molar refractivity (Wildman–Crippen MR) is 149 cm³/mol. The van der Waals surface area contributed by atoms with Crippen molar-refractivity contribution >= 4 is 29.2 Å². The second-order valence-corrected chi connectivity index (χ2v) is 9.99. The van der Waals surface area contributed by atoms with E-state index in [9.17, 15) is 9.59 Å². The lowest BCUT2D eigenvalue weighted by molar-refractivity contribution is 0.0635. The number of anilines is 2. The van der Waals surface area contributed by atoms with Gasteiger partial charge in [-0.05, 0) is 70.0 Å². The van der Waals surface area contributed by atoms with Crippen LogP contribution < -0.4 is 20.1 Å². The van der Waals surface area contributed by atoms with E-state index in [4.69, 9.17) is 14.2 Å². The van der Waals surface area contributed by atoms with Gasteiger partial charge in [0.15, 0.2) is 11.5 Å². The lowest BCUT2D eigenvalue weighted by Crippen LogP contribution is -2.27. The second-order valence-electron chi connectivity index (χ2n) is 9.99. The molecule has 4 rings (SSSR count). The maximum Gasteiger partial charge on any atom is 0.413 e. The van der Waals surface area contributed by atoms with E-state index in [-0.39, 0.29) is 5.91 Å². The summed E-state index contributed by atoms with van der Waals surface area (Å²) in [4.78, 5) is 29.3. The number of aromatic nitrogens is 3. The van der Waals surface area contributed by atoms with Crippen molar-refractivity contribution in [3.05, 3.63) is 71.9 Å². The minimum atomic E-state index is -0.623. The highest BCUT2D eigenvalue weighted by atomic mass is 16.6. The van der Waals surface area contributed by atoms with Gasteiger partial charge in [-0.1, -0.05) is 25.5 Å². The van der Waals surface area contributed by atoms with Crippen molar-refractivity contribution in [3.63, 3.8) is 0 Å². The number of ether oxygens (including phenoxy) is 3. The number of nitrogens with zero attached hydrogens (tertiary/aromatic N) is 3. The van der Waals surface area contributed by atoms with Crippen LogP contribution in [0.2, 0.25) is 0 Å². The quantitative estimate of drug-likeness (QED) is 0.234. The zero-order valence-corrected chi connectivity index (χ0v) is 22.8. The summed E-state index contributed by atoms with van der Waals surface area (Å²) >= 11 is 0. The summed E-state index contributed by atoms with van der Waals surface area (Å²) in [6.45, 7) is 9.96. The first-order valence-electron chi connectivity index (χ1n) is 12.8. The van der Waals surface area contributed by atoms with E-state index in [2.05, 4.69) is 27.6 Å². The van der Waals surface area contributed by atoms with Crippen LogP contribution in [-0.2, 0) is 4.74 Å². The van der Waals surface area contributed by atoms with E-state index in [1.807, 2.05) is 19.1 Å². The Kier molecular flexibility index (Phi) is 8.33. The standard InChI is InChI=1S/C29H33N5O5/c1-6-7-15-37-21-10-8-9-20(16-21)27(35)30-23-17-22(12-11-19(23)2)38-26-14-13-25-31-24(18-34(25)33-26)32-28(36)39-29(3,4)5/h8-14,16-18H,6-7,15H2,1-5H3,(H,30,35)(H,32,36). The lowest BCUT2D eigenvalue weighted by Gasteiger charge is -2.18. The molecule has 10 nitrogen and oxygen atoms in total. The maximum atomic E-state index is 13.0. The van der Waals surface area contributed by atoms with Gasteiger partial charge in [-0.2, -0.15) is 0 Å². The minimum Gasteiger partial charge on any atom is -0.494 e. The Morgan fingerprint density at radius 3 is 2.59 bits per heavy atom. The van der Waals surface area contributed by atoms with Gasteiger partial charge in [0.1, 0.15) is 17.1 Å². The fourth-order valence-electron chi connectivity index (χ4n) is 3.56. The topological polar surface area (TPSA) is 116 Å². The number of carbonyl (C=O) groups is 2. The molecule has 0 spiro atoms. The Morgan fingerprint density at radius 1 is 1.00 bits per heavy atom. The molecule has 2 N–H and O–H groups in total. The van der Waals surface area contributed by atoms with Gasteiger partial charge in [-0.15, -0.1) is 5.10 Å². The normalized spacial score (nSPS) is 11.2. The number of benzene rings is 2. The number of amides is 2. The van der Waals surface area contributed by atoms with Crippen LogP contribution >= 0.6 is 0 Å². The van der Waals surface area contributed by atoms with Gasteiger partial charge >= 0.3 is 6.09 Å². The van der Waals surface area contributed by atoms with Crippen LogP contribution in [0.25, 0.3) is 5.65 Å². The molecule has 10 heteroatoms. The van der Waals surface area contributed by atoms with E-state index < -0.39 is 11.7 Å². The third-order valence-electron chi connectivity index (χ3n) is 5.47. The third-order valence-corrected chi connectivity index (χ3v) is 5.47. The summed E-state index contributed by atoms with van der Waals surface area (Å²) in [7, 11) is 0. The Bertz CT molecular complexity index is 1470. The molecule has 0 saturated carbocycles. The molecular formula is C29H33N5O5. The fraction of sp³-hybridized carbons (Fsp3) is 0.310. The van der Waals surface area contributed by atoms with Crippen LogP contribution in [0, 0.1) is 6.92 Å². The van der Waals surface area contributed by atoms with Crippen LogP contribution in [0.1, 0.15) is 56.5 Å². The van der Waals surface area contributed by atoms with Crippen LogP contribution in [0.3, 0.4) is 0 Å². The zero-order valence-electron chi connectivity index (χ0n) is 22.8. The van der Waals surface area contributed by atoms with E-state index in [1.54, 1.807) is 69.4 Å². The van der Waals surface area contributed by atoms with E-state index in [0.717, 1.165) is 18.4 Å². The molecule has 0 atom stereocenters. The Morgan fingerprint density at radius 2 is 1.82 bits per heavy atom. The van der Waals surface area contributed by atoms with E-state index >= 15 is 0 Å². The van der Waals surface area contributed by atoms with Crippen molar-refractivity contribution in [3.8, 4) is 17.4 Å². The number of rotatable bonds is 9. The maximum absolute atomic E-state index is 13.0. The third kappa shape index (κ3) is 7.70. The average Bonchev–Trinajstić information content (AvgIpc) is 3.26. The highest BCUT2D eigenvalue weighted by Gasteiger charge is 2.17. The molecule has 0 fully saturated rings. The highest BCUT2D eigenvalue weighted by molar-refractivity contribution is 6.05. The second kappa shape index (κ2) is 11.8. The van der Waals surface area contributed by atoms with E-state index in [0.29, 0.717) is 46.7 Å². The molecule has 2 heterocycles. The number of nitrogens with one attached hydrogen (secondary N) is 2. The molecule has 0 bridgehead atoms. The number of hydrogen-bond donors (Lipinski definition) is 2. The first-order chi connectivity index (χ1) is 18.6. The largest absolute Gasteiger partial charge is 0.494 e. The number of imidazole rings is 1. The molecule has 0 radical (unpaired) electrons. The van der Waals surface area contributed by atoms with Gasteiger partial charge in [0, 0.05) is 23.4 Å². The molecule has 2 amide bonds. The van der Waals surface area contributed by atoms with Crippen LogP contribution in [0.5, 0.6) is 17.4 Å². The SMILES string of the molecule is CCCCOc1cccc(C(=O)Nc2cc(Oc3ccc4nc(NC(=O)OC(C)(C)C)cn4n3)ccc2C)c1. The number of aryl methyl sites for hydroxylation is 1. The molecule has 0 aliphatic heterocycles. The summed E-state index contributed by atoms with van der Waals surface area (Å²) in [6, 6.07) is 15.9. The molecule has 39 heavy (non-hydrogen) atoms. The van der Waals surface area contributed by atoms with Crippen LogP contribution in [-0.4, -0.2) is 38.8 Å². The summed E-state index contributed by atoms with van der Waals surface area (Å²) in [5, 5.41) is 9.96. The van der Waals surface area contributed by atoms with Crippen molar-refractivity contribution in [1.29, 1.82) is 0 Å². The summed E-state index contributed by atoms with van der Waals surface area (Å²) < 4.78 is 18.4. The van der Waals surface area contributed by atoms with Gasteiger partial charge in [0.05, 0.1) is 12.8 Å². The number of hydrogen-bond acceptors (Lipinski definition) is 7. The number of carbonyl (C=O) groups excluding carboxylic acids is 2. The van der Waals surface area contributed by atoms with Gasteiger partial charge in [-0.25, -0.2) is 14.3 Å². The predicted octanol–water partition coefficient (Wildman–Crippen LogP) is 6.61. The molecule has 0 unspecified atom stereocenters. The molecule has 4 aromatic rings. The molecule has 0 aliphatic rings. The van der Waals surface area contributed by atoms with Gasteiger partial charge in [0.2, 0.25) is 5.88 Å². The van der Waals surface area contributed by atoms with Crippen molar-refractivity contribution in [1.82, 2.24) is 14.6 Å². The monoisotopic (exact) mass is 531 g/mol. The first-order valence-corrected chi connectivity index (χ1v) is 12.8. The average molecular weight is 532 g/mol. The smallest absolute Gasteiger partial charge is 0.413 e. The first kappa shape index (κ1) is 27.4. The molecular weight excluding hydrogens is 498 g/mol. The lowest BCUT2D eigenvalue weighted by atomic mass is 10.1. The summed E-state index contributed by atoms with van der Waals surface area (Å²) in [5.41, 5.74) is 1.88. The summed E-state index contributed by atoms with van der Waals surface area (Å²) in [6.07, 6.45) is 2.95. The molecule has 0 aliphatic carbocycles. The fourth-order valence-corrected chi connectivity index (χ4v) is 3.56. The zero-order chi connectivity index (χ0) is 28.0. The van der Waals surface area contributed by atoms with Gasteiger partial charge in [-0.3, -0.25) is 10.1 Å². The molecule has 2 aromatic carbocycles. The van der Waals surface area contributed by atoms with E-state index in [1.165, 1.54) is 4.52 Å². The Labute approximate surface area is 227 Å². The van der Waals surface area contributed by atoms with Crippen LogP contribution in [0.15, 0.2) is 60.8 Å². The molecule has 204 valence electrons. The number of fused-ring (bicyclic) bond motifs is 1. The van der Waals surface area contributed by atoms with Gasteiger partial charge in [0.25, 0.3) is 5.91 Å². The Balaban J connectivity index is 1.44. The molecule has 2 aromatic heterocycles. The minimum absolute atomic E-state index is 0.251. The molecule has 0 saturated heterocycles.